The molecule has 7 nitrogen and oxygen atoms in total. The minimum absolute atomic E-state index is 0.121. The van der Waals surface area contributed by atoms with Crippen molar-refractivity contribution in [2.45, 2.75) is 27.3 Å². The van der Waals surface area contributed by atoms with Crippen molar-refractivity contribution in [2.24, 2.45) is 0 Å². The zero-order valence-corrected chi connectivity index (χ0v) is 17.8. The van der Waals surface area contributed by atoms with Crippen LogP contribution in [-0.2, 0) is 16.1 Å². The van der Waals surface area contributed by atoms with Crippen LogP contribution in [0.2, 0.25) is 0 Å². The number of carbonyl (C=O) groups excluding carboxylic acids is 2. The number of nitrogens with one attached hydrogen (secondary N) is 3. The molecule has 3 aromatic rings. The predicted octanol–water partition coefficient (Wildman–Crippen LogP) is 2.79. The summed E-state index contributed by atoms with van der Waals surface area (Å²) >= 11 is 0. The average Bonchev–Trinajstić information content (AvgIpc) is 3.09. The van der Waals surface area contributed by atoms with Crippen LogP contribution in [0.5, 0.6) is 0 Å². The van der Waals surface area contributed by atoms with Gasteiger partial charge in [-0.2, -0.15) is 0 Å². The van der Waals surface area contributed by atoms with E-state index in [0.29, 0.717) is 23.7 Å². The van der Waals surface area contributed by atoms with E-state index in [1.165, 1.54) is 19.1 Å². The van der Waals surface area contributed by atoms with Crippen LogP contribution >= 0.6 is 0 Å². The van der Waals surface area contributed by atoms with E-state index in [1.807, 2.05) is 13.8 Å². The van der Waals surface area contributed by atoms with Crippen LogP contribution in [0.15, 0.2) is 53.1 Å². The van der Waals surface area contributed by atoms with Crippen LogP contribution < -0.4 is 15.5 Å². The third kappa shape index (κ3) is 5.99. The first-order valence-corrected chi connectivity index (χ1v) is 10.1. The number of anilines is 2. The number of amides is 2. The van der Waals surface area contributed by atoms with Crippen LogP contribution in [0.1, 0.15) is 25.1 Å². The van der Waals surface area contributed by atoms with E-state index in [4.69, 9.17) is 4.52 Å². The Morgan fingerprint density at radius 3 is 2.23 bits per heavy atom. The molecule has 0 saturated heterocycles. The standard InChI is InChI=1S/C23H25FN4O3/c1-4-28(14-22(30)26-20-11-9-19(10-12-20)25-16(3)29)13-21-15(2)23(31-27-21)17-5-7-18(24)8-6-17/h5-12H,4,13-14H2,1-3H3,(H,25,29)(H,26,30)/p+1. The number of aromatic nitrogens is 1. The highest BCUT2D eigenvalue weighted by Gasteiger charge is 2.20. The van der Waals surface area contributed by atoms with E-state index in [1.54, 1.807) is 36.4 Å². The number of nitrogens with zero attached hydrogens (tertiary/aromatic N) is 1. The molecule has 2 aromatic carbocycles. The van der Waals surface area contributed by atoms with Crippen molar-refractivity contribution in [2.75, 3.05) is 23.7 Å². The molecule has 3 rings (SSSR count). The van der Waals surface area contributed by atoms with Gasteiger partial charge in [0.25, 0.3) is 5.91 Å². The highest BCUT2D eigenvalue weighted by Crippen LogP contribution is 2.25. The Bertz CT molecular complexity index is 1050. The van der Waals surface area contributed by atoms with Gasteiger partial charge in [-0.3, -0.25) is 9.59 Å². The van der Waals surface area contributed by atoms with Crippen molar-refractivity contribution in [1.82, 2.24) is 5.16 Å². The highest BCUT2D eigenvalue weighted by atomic mass is 19.1. The van der Waals surface area contributed by atoms with Crippen molar-refractivity contribution >= 4 is 23.2 Å². The fraction of sp³-hybridized carbons (Fsp3) is 0.261. The maximum Gasteiger partial charge on any atom is 0.279 e. The van der Waals surface area contributed by atoms with Crippen molar-refractivity contribution in [3.63, 3.8) is 0 Å². The number of rotatable bonds is 8. The summed E-state index contributed by atoms with van der Waals surface area (Å²) < 4.78 is 18.7. The van der Waals surface area contributed by atoms with Gasteiger partial charge >= 0.3 is 0 Å². The van der Waals surface area contributed by atoms with E-state index in [0.717, 1.165) is 28.3 Å². The van der Waals surface area contributed by atoms with E-state index >= 15 is 0 Å². The number of quaternary nitrogens is 1. The van der Waals surface area contributed by atoms with Gasteiger partial charge < -0.3 is 20.1 Å². The van der Waals surface area contributed by atoms with Gasteiger partial charge in [0.2, 0.25) is 5.91 Å². The quantitative estimate of drug-likeness (QED) is 0.518. The Morgan fingerprint density at radius 1 is 1.03 bits per heavy atom. The Morgan fingerprint density at radius 2 is 1.65 bits per heavy atom. The van der Waals surface area contributed by atoms with Crippen molar-refractivity contribution in [1.29, 1.82) is 0 Å². The molecule has 1 unspecified atom stereocenters. The zero-order chi connectivity index (χ0) is 22.4. The van der Waals surface area contributed by atoms with Gasteiger partial charge in [0, 0.05) is 29.4 Å². The molecule has 0 aliphatic carbocycles. The summed E-state index contributed by atoms with van der Waals surface area (Å²) in [5.41, 5.74) is 3.74. The second-order valence-corrected chi connectivity index (χ2v) is 7.35. The molecule has 1 aromatic heterocycles. The van der Waals surface area contributed by atoms with Crippen LogP contribution in [0.4, 0.5) is 15.8 Å². The minimum Gasteiger partial charge on any atom is -0.356 e. The normalized spacial score (nSPS) is 11.7. The third-order valence-electron chi connectivity index (χ3n) is 4.94. The molecule has 162 valence electrons. The molecule has 0 aliphatic heterocycles. The van der Waals surface area contributed by atoms with E-state index in [2.05, 4.69) is 15.8 Å². The summed E-state index contributed by atoms with van der Waals surface area (Å²) in [6.07, 6.45) is 0. The maximum absolute atomic E-state index is 13.2. The Labute approximate surface area is 180 Å². The Kier molecular flexibility index (Phi) is 7.15. The molecule has 0 spiro atoms. The van der Waals surface area contributed by atoms with Gasteiger partial charge in [-0.15, -0.1) is 0 Å². The van der Waals surface area contributed by atoms with Crippen molar-refractivity contribution in [3.05, 3.63) is 65.6 Å². The van der Waals surface area contributed by atoms with Crippen LogP contribution in [0.3, 0.4) is 0 Å². The fourth-order valence-electron chi connectivity index (χ4n) is 3.23. The third-order valence-corrected chi connectivity index (χ3v) is 4.94. The second-order valence-electron chi connectivity index (χ2n) is 7.35. The number of likely N-dealkylation sites (N-methyl/N-ethyl adjacent to an activating group) is 1. The van der Waals surface area contributed by atoms with Crippen molar-refractivity contribution in [3.8, 4) is 11.3 Å². The van der Waals surface area contributed by atoms with Gasteiger partial charge in [0.15, 0.2) is 12.3 Å². The Balaban J connectivity index is 1.60. The molecule has 1 atom stereocenters. The summed E-state index contributed by atoms with van der Waals surface area (Å²) in [6.45, 7) is 6.88. The molecule has 0 aliphatic rings. The molecule has 31 heavy (non-hydrogen) atoms. The summed E-state index contributed by atoms with van der Waals surface area (Å²) in [5, 5.41) is 9.73. The first kappa shape index (κ1) is 22.2. The lowest BCUT2D eigenvalue weighted by molar-refractivity contribution is -0.904. The van der Waals surface area contributed by atoms with Crippen molar-refractivity contribution < 1.29 is 23.4 Å². The maximum atomic E-state index is 13.2. The SMILES string of the molecule is CC[NH+](CC(=O)Nc1ccc(NC(C)=O)cc1)Cc1noc(-c2ccc(F)cc2)c1C. The fourth-order valence-corrected chi connectivity index (χ4v) is 3.23. The van der Waals surface area contributed by atoms with E-state index in [9.17, 15) is 14.0 Å². The number of hydrogen-bond donors (Lipinski definition) is 3. The molecule has 0 fully saturated rings. The van der Waals surface area contributed by atoms with Gasteiger partial charge in [-0.25, -0.2) is 4.39 Å². The number of benzene rings is 2. The van der Waals surface area contributed by atoms with E-state index in [-0.39, 0.29) is 24.2 Å². The summed E-state index contributed by atoms with van der Waals surface area (Å²) in [7, 11) is 0. The summed E-state index contributed by atoms with van der Waals surface area (Å²) in [5.74, 6) is 0.0291. The number of hydrogen-bond acceptors (Lipinski definition) is 4. The van der Waals surface area contributed by atoms with Gasteiger partial charge in [0.1, 0.15) is 18.1 Å². The molecule has 3 N–H and O–H groups in total. The lowest BCUT2D eigenvalue weighted by atomic mass is 10.1. The first-order chi connectivity index (χ1) is 14.9. The first-order valence-electron chi connectivity index (χ1n) is 10.1. The second kappa shape index (κ2) is 9.99. The molecule has 0 saturated carbocycles. The zero-order valence-electron chi connectivity index (χ0n) is 17.8. The number of carbonyl (C=O) groups is 2. The van der Waals surface area contributed by atoms with Crippen LogP contribution in [0.25, 0.3) is 11.3 Å². The molecular weight excluding hydrogens is 399 g/mol. The van der Waals surface area contributed by atoms with Gasteiger partial charge in [0.05, 0.1) is 6.54 Å². The van der Waals surface area contributed by atoms with Crippen LogP contribution in [-0.4, -0.2) is 30.1 Å². The average molecular weight is 425 g/mol. The molecule has 1 heterocycles. The summed E-state index contributed by atoms with van der Waals surface area (Å²) in [6, 6.07) is 13.0. The minimum atomic E-state index is -0.307. The topological polar surface area (TPSA) is 88.7 Å². The summed E-state index contributed by atoms with van der Waals surface area (Å²) in [4.78, 5) is 24.6. The van der Waals surface area contributed by atoms with Gasteiger partial charge in [-0.05, 0) is 62.4 Å². The monoisotopic (exact) mass is 425 g/mol. The lowest BCUT2D eigenvalue weighted by Gasteiger charge is -2.16. The molecule has 0 bridgehead atoms. The van der Waals surface area contributed by atoms with Gasteiger partial charge in [-0.1, -0.05) is 5.16 Å². The highest BCUT2D eigenvalue weighted by molar-refractivity contribution is 5.92. The molecule has 8 heteroatoms. The van der Waals surface area contributed by atoms with E-state index < -0.39 is 0 Å². The smallest absolute Gasteiger partial charge is 0.279 e. The lowest BCUT2D eigenvalue weighted by Crippen LogP contribution is -3.11. The predicted molar refractivity (Wildman–Crippen MR) is 116 cm³/mol. The largest absolute Gasteiger partial charge is 0.356 e. The molecule has 2 amide bonds. The molecular formula is C23H26FN4O3+. The molecule has 0 radical (unpaired) electrons. The Hall–Kier alpha value is -3.52. The number of halogens is 1. The van der Waals surface area contributed by atoms with Crippen LogP contribution in [0, 0.1) is 12.7 Å².